The van der Waals surface area contributed by atoms with Gasteiger partial charge in [-0.1, -0.05) is 36.4 Å². The van der Waals surface area contributed by atoms with Crippen LogP contribution in [-0.4, -0.2) is 17.1 Å². The molecule has 5 nitrogen and oxygen atoms in total. The average molecular weight is 369 g/mol. The van der Waals surface area contributed by atoms with E-state index in [1.54, 1.807) is 48.5 Å². The largest absolute Gasteiger partial charge is 0.445 e. The Morgan fingerprint density at radius 2 is 1.52 bits per heavy atom. The highest BCUT2D eigenvalue weighted by Crippen LogP contribution is 2.50. The van der Waals surface area contributed by atoms with Crippen LogP contribution in [0.2, 0.25) is 0 Å². The third kappa shape index (κ3) is 5.81. The van der Waals surface area contributed by atoms with Crippen molar-refractivity contribution in [3.8, 4) is 17.6 Å². The Labute approximate surface area is 143 Å². The molecule has 0 saturated heterocycles. The zero-order valence-electron chi connectivity index (χ0n) is 12.0. The predicted molar refractivity (Wildman–Crippen MR) is 92.4 cm³/mol. The standard InChI is InChI=1S/C15H14ClN2O3PS/c16-23-18(12-11-17)13-22(19,20-14-7-3-1-4-8-14)21-15-9-5-2-6-10-15/h1-10H,12-13H2. The molecule has 0 radical (unpaired) electrons. The third-order valence-electron chi connectivity index (χ3n) is 2.65. The summed E-state index contributed by atoms with van der Waals surface area (Å²) in [6, 6.07) is 19.4. The number of rotatable bonds is 8. The minimum absolute atomic E-state index is 0.00550. The van der Waals surface area contributed by atoms with E-state index in [4.69, 9.17) is 25.0 Å². The number of nitriles is 1. The molecule has 0 aliphatic heterocycles. The predicted octanol–water partition coefficient (Wildman–Crippen LogP) is 4.92. The van der Waals surface area contributed by atoms with E-state index in [1.165, 1.54) is 4.31 Å². The van der Waals surface area contributed by atoms with E-state index in [0.29, 0.717) is 11.5 Å². The number of para-hydroxylation sites is 2. The Bertz CT molecular complexity index is 651. The normalized spacial score (nSPS) is 11.0. The van der Waals surface area contributed by atoms with Gasteiger partial charge >= 0.3 is 7.60 Å². The van der Waals surface area contributed by atoms with Crippen LogP contribution in [0.1, 0.15) is 0 Å². The van der Waals surface area contributed by atoms with Gasteiger partial charge in [-0.15, -0.1) is 0 Å². The molecule has 8 heteroatoms. The van der Waals surface area contributed by atoms with Gasteiger partial charge in [0.25, 0.3) is 0 Å². The summed E-state index contributed by atoms with van der Waals surface area (Å²) in [5.41, 5.74) is 0. The molecule has 120 valence electrons. The van der Waals surface area contributed by atoms with Crippen LogP contribution in [0, 0.1) is 11.3 Å². The number of hydrogen-bond donors (Lipinski definition) is 0. The number of nitrogens with zero attached hydrogens (tertiary/aromatic N) is 2. The maximum Gasteiger partial charge on any atom is 0.445 e. The van der Waals surface area contributed by atoms with E-state index < -0.39 is 7.60 Å². The highest BCUT2D eigenvalue weighted by molar-refractivity contribution is 8.19. The van der Waals surface area contributed by atoms with Crippen LogP contribution in [0.15, 0.2) is 60.7 Å². The van der Waals surface area contributed by atoms with Crippen LogP contribution in [0.25, 0.3) is 0 Å². The van der Waals surface area contributed by atoms with Crippen molar-refractivity contribution in [2.75, 3.05) is 12.8 Å². The van der Waals surface area contributed by atoms with Crippen molar-refractivity contribution in [2.45, 2.75) is 0 Å². The van der Waals surface area contributed by atoms with Crippen molar-refractivity contribution in [2.24, 2.45) is 0 Å². The molecular weight excluding hydrogens is 355 g/mol. The van der Waals surface area contributed by atoms with E-state index >= 15 is 0 Å². The summed E-state index contributed by atoms with van der Waals surface area (Å²) in [4.78, 5) is 0. The van der Waals surface area contributed by atoms with Crippen LogP contribution >= 0.6 is 29.4 Å². The first-order valence-corrected chi connectivity index (χ1v) is 9.97. The third-order valence-corrected chi connectivity index (χ3v) is 5.55. The molecule has 0 fully saturated rings. The van der Waals surface area contributed by atoms with Gasteiger partial charge in [0.15, 0.2) is 0 Å². The average Bonchev–Trinajstić information content (AvgIpc) is 2.56. The van der Waals surface area contributed by atoms with Gasteiger partial charge in [0.05, 0.1) is 12.6 Å². The molecule has 0 heterocycles. The molecule has 0 bridgehead atoms. The van der Waals surface area contributed by atoms with Crippen molar-refractivity contribution in [3.05, 3.63) is 60.7 Å². The van der Waals surface area contributed by atoms with Crippen LogP contribution in [-0.2, 0) is 4.57 Å². The summed E-state index contributed by atoms with van der Waals surface area (Å²) in [5, 5.41) is 8.81. The van der Waals surface area contributed by atoms with Gasteiger partial charge in [0.2, 0.25) is 0 Å². The molecule has 2 aromatic rings. The number of hydrogen-bond acceptors (Lipinski definition) is 6. The Hall–Kier alpha value is -1.64. The molecule has 0 amide bonds. The van der Waals surface area contributed by atoms with Gasteiger partial charge in [0.1, 0.15) is 17.8 Å². The van der Waals surface area contributed by atoms with E-state index in [-0.39, 0.29) is 12.8 Å². The zero-order valence-corrected chi connectivity index (χ0v) is 14.5. The lowest BCUT2D eigenvalue weighted by Gasteiger charge is -2.23. The molecule has 0 N–H and O–H groups in total. The molecule has 2 rings (SSSR count). The monoisotopic (exact) mass is 368 g/mol. The molecule has 0 atom stereocenters. The zero-order chi connectivity index (χ0) is 16.5. The maximum atomic E-state index is 13.1. The second-order valence-corrected chi connectivity index (χ2v) is 7.37. The Morgan fingerprint density at radius 1 is 1.04 bits per heavy atom. The Kier molecular flexibility index (Phi) is 6.82. The first-order chi connectivity index (χ1) is 11.1. The second-order valence-electron chi connectivity index (χ2n) is 4.43. The first kappa shape index (κ1) is 17.7. The van der Waals surface area contributed by atoms with Crippen molar-refractivity contribution >= 4 is 29.4 Å². The Balaban J connectivity index is 2.22. The van der Waals surface area contributed by atoms with Crippen LogP contribution in [0.3, 0.4) is 0 Å². The summed E-state index contributed by atoms with van der Waals surface area (Å²) in [6.07, 6.45) is -0.126. The van der Waals surface area contributed by atoms with E-state index in [2.05, 4.69) is 0 Å². The highest BCUT2D eigenvalue weighted by atomic mass is 35.7. The smallest absolute Gasteiger partial charge is 0.415 e. The van der Waals surface area contributed by atoms with Crippen LogP contribution in [0.4, 0.5) is 0 Å². The van der Waals surface area contributed by atoms with E-state index in [1.807, 2.05) is 18.2 Å². The Morgan fingerprint density at radius 3 is 1.91 bits per heavy atom. The topological polar surface area (TPSA) is 62.6 Å². The molecular formula is C15H14ClN2O3PS. The van der Waals surface area contributed by atoms with Crippen LogP contribution in [0.5, 0.6) is 11.5 Å². The quantitative estimate of drug-likeness (QED) is 0.374. The molecule has 0 unspecified atom stereocenters. The molecule has 0 spiro atoms. The molecule has 2 aromatic carbocycles. The molecule has 0 saturated carbocycles. The lowest BCUT2D eigenvalue weighted by atomic mass is 10.3. The van der Waals surface area contributed by atoms with Crippen molar-refractivity contribution < 1.29 is 13.6 Å². The van der Waals surface area contributed by atoms with E-state index in [0.717, 1.165) is 11.2 Å². The van der Waals surface area contributed by atoms with Gasteiger partial charge in [-0.25, -0.2) is 8.87 Å². The summed E-state index contributed by atoms with van der Waals surface area (Å²) in [5.74, 6) is 0.839. The summed E-state index contributed by atoms with van der Waals surface area (Å²) < 4.78 is 25.7. The lowest BCUT2D eigenvalue weighted by molar-refractivity contribution is 0.369. The highest BCUT2D eigenvalue weighted by Gasteiger charge is 2.31. The molecule has 0 aromatic heterocycles. The second kappa shape index (κ2) is 8.85. The molecule has 23 heavy (non-hydrogen) atoms. The van der Waals surface area contributed by atoms with Crippen molar-refractivity contribution in [1.29, 1.82) is 5.26 Å². The maximum absolute atomic E-state index is 13.1. The molecule has 0 aliphatic rings. The fraction of sp³-hybridized carbons (Fsp3) is 0.133. The summed E-state index contributed by atoms with van der Waals surface area (Å²) >= 11 is 0.793. The summed E-state index contributed by atoms with van der Waals surface area (Å²) in [6.45, 7) is -0.00550. The van der Waals surface area contributed by atoms with Gasteiger partial charge in [0, 0.05) is 11.2 Å². The van der Waals surface area contributed by atoms with E-state index in [9.17, 15) is 4.57 Å². The van der Waals surface area contributed by atoms with Crippen molar-refractivity contribution in [1.82, 2.24) is 4.31 Å². The minimum Gasteiger partial charge on any atom is -0.415 e. The van der Waals surface area contributed by atoms with Crippen molar-refractivity contribution in [3.63, 3.8) is 0 Å². The minimum atomic E-state index is -3.60. The van der Waals surface area contributed by atoms with Gasteiger partial charge < -0.3 is 9.05 Å². The van der Waals surface area contributed by atoms with Crippen LogP contribution < -0.4 is 9.05 Å². The van der Waals surface area contributed by atoms with Gasteiger partial charge in [-0.2, -0.15) is 5.26 Å². The van der Waals surface area contributed by atoms with Gasteiger partial charge in [-0.3, -0.25) is 0 Å². The SMILES string of the molecule is N#CCN(CP(=O)(Oc1ccccc1)Oc1ccccc1)SCl. The lowest BCUT2D eigenvalue weighted by Crippen LogP contribution is -2.20. The fourth-order valence-corrected chi connectivity index (χ4v) is 4.50. The number of benzene rings is 2. The number of halogens is 1. The fourth-order valence-electron chi connectivity index (χ4n) is 1.73. The molecule has 0 aliphatic carbocycles. The first-order valence-electron chi connectivity index (χ1n) is 6.64. The van der Waals surface area contributed by atoms with Gasteiger partial charge in [-0.05, 0) is 34.9 Å². The summed E-state index contributed by atoms with van der Waals surface area (Å²) in [7, 11) is 2.12.